The zero-order valence-electron chi connectivity index (χ0n) is 14.6. The molecule has 2 aromatic rings. The van der Waals surface area contributed by atoms with Gasteiger partial charge in [0.15, 0.2) is 8.68 Å². The number of hydrazine groups is 1. The third kappa shape index (κ3) is 3.94. The number of rotatable bonds is 7. The Hall–Kier alpha value is -2.11. The molecule has 1 aliphatic rings. The second-order valence-corrected chi connectivity index (χ2v) is 8.81. The Morgan fingerprint density at radius 1 is 1.26 bits per heavy atom. The fourth-order valence-corrected chi connectivity index (χ4v) is 4.89. The van der Waals surface area contributed by atoms with E-state index >= 15 is 0 Å². The number of urea groups is 1. The molecule has 142 valence electrons. The predicted molar refractivity (Wildman–Crippen MR) is 104 cm³/mol. The summed E-state index contributed by atoms with van der Waals surface area (Å²) in [6, 6.07) is 8.35. The SMILES string of the molecule is CCC1(c2ccccc2)NC(=O)N(NC(=O)CSc2nnc(SC)s2)C1=O. The normalized spacial score (nSPS) is 19.3. The highest BCUT2D eigenvalue weighted by Gasteiger charge is 2.52. The number of thioether (sulfide) groups is 2. The Morgan fingerprint density at radius 3 is 2.59 bits per heavy atom. The molecule has 0 saturated carbocycles. The van der Waals surface area contributed by atoms with Gasteiger partial charge in [-0.05, 0) is 18.2 Å². The van der Waals surface area contributed by atoms with E-state index in [2.05, 4.69) is 20.9 Å². The molecule has 1 atom stereocenters. The van der Waals surface area contributed by atoms with Crippen molar-refractivity contribution in [3.05, 3.63) is 35.9 Å². The van der Waals surface area contributed by atoms with E-state index in [-0.39, 0.29) is 5.75 Å². The topological polar surface area (TPSA) is 104 Å². The number of hydrogen-bond donors (Lipinski definition) is 2. The third-order valence-corrected chi connectivity index (χ3v) is 7.05. The first-order valence-electron chi connectivity index (χ1n) is 8.02. The largest absolute Gasteiger partial charge is 0.344 e. The van der Waals surface area contributed by atoms with Crippen molar-refractivity contribution in [2.45, 2.75) is 27.6 Å². The monoisotopic (exact) mass is 423 g/mol. The molecule has 2 heterocycles. The van der Waals surface area contributed by atoms with E-state index in [1.54, 1.807) is 24.3 Å². The first-order chi connectivity index (χ1) is 13.0. The zero-order chi connectivity index (χ0) is 19.4. The van der Waals surface area contributed by atoms with E-state index in [9.17, 15) is 14.4 Å². The van der Waals surface area contributed by atoms with Crippen LogP contribution in [0.25, 0.3) is 0 Å². The summed E-state index contributed by atoms with van der Waals surface area (Å²) in [6.45, 7) is 1.81. The molecule has 8 nitrogen and oxygen atoms in total. The van der Waals surface area contributed by atoms with Gasteiger partial charge in [-0.2, -0.15) is 5.01 Å². The first kappa shape index (κ1) is 19.6. The lowest BCUT2D eigenvalue weighted by atomic mass is 9.87. The van der Waals surface area contributed by atoms with Gasteiger partial charge in [-0.25, -0.2) is 4.79 Å². The number of imide groups is 1. The lowest BCUT2D eigenvalue weighted by Gasteiger charge is -2.25. The van der Waals surface area contributed by atoms with Gasteiger partial charge in [0.05, 0.1) is 5.75 Å². The van der Waals surface area contributed by atoms with Gasteiger partial charge in [-0.3, -0.25) is 15.0 Å². The molecule has 2 N–H and O–H groups in total. The fraction of sp³-hybridized carbons (Fsp3) is 0.312. The van der Waals surface area contributed by atoms with Gasteiger partial charge < -0.3 is 5.32 Å². The average Bonchev–Trinajstić information content (AvgIpc) is 3.25. The van der Waals surface area contributed by atoms with Crippen LogP contribution in [0.15, 0.2) is 39.0 Å². The summed E-state index contributed by atoms with van der Waals surface area (Å²) in [5, 5.41) is 11.4. The summed E-state index contributed by atoms with van der Waals surface area (Å²) in [4.78, 5) is 37.5. The molecular weight excluding hydrogens is 406 g/mol. The van der Waals surface area contributed by atoms with Crippen LogP contribution in [0.5, 0.6) is 0 Å². The Bertz CT molecular complexity index is 860. The van der Waals surface area contributed by atoms with E-state index in [1.165, 1.54) is 34.9 Å². The van der Waals surface area contributed by atoms with Gasteiger partial charge in [-0.15, -0.1) is 10.2 Å². The number of nitrogens with zero attached hydrogens (tertiary/aromatic N) is 3. The quantitative estimate of drug-likeness (QED) is 0.520. The minimum atomic E-state index is -1.18. The number of aromatic nitrogens is 2. The summed E-state index contributed by atoms with van der Waals surface area (Å²) in [7, 11) is 0. The van der Waals surface area contributed by atoms with Crippen molar-refractivity contribution in [2.75, 3.05) is 12.0 Å². The van der Waals surface area contributed by atoms with Crippen molar-refractivity contribution in [3.63, 3.8) is 0 Å². The van der Waals surface area contributed by atoms with Gasteiger partial charge in [-0.1, -0.05) is 72.1 Å². The summed E-state index contributed by atoms with van der Waals surface area (Å²) in [5.41, 5.74) is 1.89. The summed E-state index contributed by atoms with van der Waals surface area (Å²) < 4.78 is 1.46. The lowest BCUT2D eigenvalue weighted by Crippen LogP contribution is -2.49. The van der Waals surface area contributed by atoms with Crippen LogP contribution >= 0.6 is 34.9 Å². The van der Waals surface area contributed by atoms with Crippen LogP contribution in [0.1, 0.15) is 18.9 Å². The van der Waals surface area contributed by atoms with Crippen molar-refractivity contribution < 1.29 is 14.4 Å². The maximum atomic E-state index is 12.9. The van der Waals surface area contributed by atoms with Gasteiger partial charge in [0.1, 0.15) is 5.54 Å². The van der Waals surface area contributed by atoms with E-state index < -0.39 is 23.4 Å². The third-order valence-electron chi connectivity index (χ3n) is 4.01. The highest BCUT2D eigenvalue weighted by Crippen LogP contribution is 2.31. The van der Waals surface area contributed by atoms with Gasteiger partial charge in [0.25, 0.3) is 5.91 Å². The van der Waals surface area contributed by atoms with E-state index in [0.717, 1.165) is 9.35 Å². The van der Waals surface area contributed by atoms with Crippen molar-refractivity contribution in [2.24, 2.45) is 0 Å². The molecule has 3 rings (SSSR count). The van der Waals surface area contributed by atoms with Crippen molar-refractivity contribution in [1.29, 1.82) is 0 Å². The number of nitrogens with one attached hydrogen (secondary N) is 2. The Kier molecular flexibility index (Phi) is 6.02. The van der Waals surface area contributed by atoms with Gasteiger partial charge >= 0.3 is 6.03 Å². The maximum absolute atomic E-state index is 12.9. The number of carbonyl (C=O) groups excluding carboxylic acids is 3. The van der Waals surface area contributed by atoms with Crippen LogP contribution in [0.2, 0.25) is 0 Å². The smallest absolute Gasteiger partial charge is 0.318 e. The standard InChI is InChI=1S/C16H17N5O3S3/c1-3-16(10-7-5-4-6-8-10)12(23)21(13(24)17-16)20-11(22)9-26-15-19-18-14(25-2)27-15/h4-8H,3,9H2,1-2H3,(H,17,24)(H,20,22). The molecule has 11 heteroatoms. The molecule has 1 fully saturated rings. The van der Waals surface area contributed by atoms with Gasteiger partial charge in [0.2, 0.25) is 5.91 Å². The average molecular weight is 424 g/mol. The van der Waals surface area contributed by atoms with Crippen molar-refractivity contribution in [3.8, 4) is 0 Å². The number of carbonyl (C=O) groups is 3. The molecule has 1 aromatic heterocycles. The molecule has 4 amide bonds. The number of hydrogen-bond acceptors (Lipinski definition) is 8. The van der Waals surface area contributed by atoms with Crippen LogP contribution in [0, 0.1) is 0 Å². The van der Waals surface area contributed by atoms with Gasteiger partial charge in [0, 0.05) is 0 Å². The Labute approximate surface area is 168 Å². The molecule has 27 heavy (non-hydrogen) atoms. The second kappa shape index (κ2) is 8.28. The summed E-state index contributed by atoms with van der Waals surface area (Å²) in [6.07, 6.45) is 2.26. The Morgan fingerprint density at radius 2 is 1.96 bits per heavy atom. The maximum Gasteiger partial charge on any atom is 0.344 e. The molecule has 0 radical (unpaired) electrons. The summed E-state index contributed by atoms with van der Waals surface area (Å²) in [5.74, 6) is -0.950. The summed E-state index contributed by atoms with van der Waals surface area (Å²) >= 11 is 4.06. The molecule has 0 aliphatic carbocycles. The van der Waals surface area contributed by atoms with E-state index in [0.29, 0.717) is 16.3 Å². The van der Waals surface area contributed by atoms with E-state index in [1.807, 2.05) is 19.2 Å². The molecule has 1 aliphatic heterocycles. The number of amides is 4. The number of benzene rings is 1. The van der Waals surface area contributed by atoms with E-state index in [4.69, 9.17) is 0 Å². The van der Waals surface area contributed by atoms with Crippen LogP contribution in [-0.2, 0) is 15.1 Å². The molecular formula is C16H17N5O3S3. The molecule has 1 saturated heterocycles. The molecule has 0 spiro atoms. The molecule has 0 bridgehead atoms. The second-order valence-electron chi connectivity index (χ2n) is 5.56. The fourth-order valence-electron chi connectivity index (χ4n) is 2.66. The molecule has 1 unspecified atom stereocenters. The van der Waals surface area contributed by atoms with Crippen LogP contribution in [-0.4, -0.2) is 45.1 Å². The Balaban J connectivity index is 1.67. The molecule has 1 aromatic carbocycles. The first-order valence-corrected chi connectivity index (χ1v) is 11.0. The minimum Gasteiger partial charge on any atom is -0.318 e. The van der Waals surface area contributed by atoms with Crippen molar-refractivity contribution in [1.82, 2.24) is 25.9 Å². The lowest BCUT2D eigenvalue weighted by molar-refractivity contribution is -0.138. The predicted octanol–water partition coefficient (Wildman–Crippen LogP) is 2.24. The van der Waals surface area contributed by atoms with Crippen LogP contribution in [0.4, 0.5) is 4.79 Å². The van der Waals surface area contributed by atoms with Crippen molar-refractivity contribution >= 4 is 52.7 Å². The highest BCUT2D eigenvalue weighted by atomic mass is 32.2. The highest BCUT2D eigenvalue weighted by molar-refractivity contribution is 8.03. The van der Waals surface area contributed by atoms with Crippen LogP contribution in [0.3, 0.4) is 0 Å². The zero-order valence-corrected chi connectivity index (χ0v) is 17.0. The van der Waals surface area contributed by atoms with Crippen LogP contribution < -0.4 is 10.7 Å². The minimum absolute atomic E-state index is 0.0184.